The molecule has 0 radical (unpaired) electrons. The number of hydrogen-bond acceptors (Lipinski definition) is 3. The Labute approximate surface area is 136 Å². The standard InChI is InChI=1S/C19H23N3O/c1-2-5-18-15(4-1)17(11-19(23-18)8-3-9-19)21-14-6-7-16-13(10-14)12-20-22-16/h1-2,4-5,12,14,17,21H,3,6-11H2,(H,20,22)/t14-,17+/m1/s1. The van der Waals surface area contributed by atoms with Crippen molar-refractivity contribution in [3.63, 3.8) is 0 Å². The number of fused-ring (bicyclic) bond motifs is 2. The Morgan fingerprint density at radius 3 is 3.04 bits per heavy atom. The maximum atomic E-state index is 6.36. The third-order valence-electron chi connectivity index (χ3n) is 5.92. The lowest BCUT2D eigenvalue weighted by Crippen LogP contribution is -2.50. The number of para-hydroxylation sites is 1. The molecule has 0 saturated heterocycles. The van der Waals surface area contributed by atoms with Crippen molar-refractivity contribution >= 4 is 0 Å². The molecule has 0 amide bonds. The highest BCUT2D eigenvalue weighted by atomic mass is 16.5. The van der Waals surface area contributed by atoms with E-state index in [0.717, 1.165) is 25.0 Å². The summed E-state index contributed by atoms with van der Waals surface area (Å²) >= 11 is 0. The number of nitrogens with zero attached hydrogens (tertiary/aromatic N) is 1. The number of H-pyrrole nitrogens is 1. The van der Waals surface area contributed by atoms with Crippen molar-refractivity contribution in [1.29, 1.82) is 0 Å². The molecule has 23 heavy (non-hydrogen) atoms. The van der Waals surface area contributed by atoms with Crippen LogP contribution >= 0.6 is 0 Å². The van der Waals surface area contributed by atoms with Crippen LogP contribution in [0.4, 0.5) is 0 Å². The van der Waals surface area contributed by atoms with E-state index in [1.54, 1.807) is 0 Å². The van der Waals surface area contributed by atoms with Gasteiger partial charge in [-0.15, -0.1) is 0 Å². The number of aromatic amines is 1. The van der Waals surface area contributed by atoms with Crippen LogP contribution < -0.4 is 10.1 Å². The van der Waals surface area contributed by atoms with E-state index in [2.05, 4.69) is 39.8 Å². The van der Waals surface area contributed by atoms with Gasteiger partial charge in [-0.05, 0) is 50.2 Å². The third-order valence-corrected chi connectivity index (χ3v) is 5.92. The van der Waals surface area contributed by atoms with Crippen molar-refractivity contribution in [2.75, 3.05) is 0 Å². The molecule has 2 heterocycles. The third kappa shape index (κ3) is 2.27. The van der Waals surface area contributed by atoms with Crippen LogP contribution in [0.2, 0.25) is 0 Å². The van der Waals surface area contributed by atoms with Crippen molar-refractivity contribution in [1.82, 2.24) is 15.5 Å². The highest BCUT2D eigenvalue weighted by molar-refractivity contribution is 5.39. The number of benzene rings is 1. The molecule has 4 nitrogen and oxygen atoms in total. The summed E-state index contributed by atoms with van der Waals surface area (Å²) in [5, 5.41) is 11.3. The minimum absolute atomic E-state index is 0.0987. The molecule has 0 bridgehead atoms. The number of nitrogens with one attached hydrogen (secondary N) is 2. The van der Waals surface area contributed by atoms with Crippen LogP contribution in [0.1, 0.15) is 55.0 Å². The van der Waals surface area contributed by atoms with Gasteiger partial charge in [-0.25, -0.2) is 0 Å². The predicted octanol–water partition coefficient (Wildman–Crippen LogP) is 3.30. The summed E-state index contributed by atoms with van der Waals surface area (Å²) in [7, 11) is 0. The van der Waals surface area contributed by atoms with E-state index in [-0.39, 0.29) is 5.60 Å². The van der Waals surface area contributed by atoms with Gasteiger partial charge >= 0.3 is 0 Å². The molecule has 2 aromatic rings. The molecule has 1 aliphatic heterocycles. The number of aryl methyl sites for hydroxylation is 1. The molecular formula is C19H23N3O. The zero-order valence-corrected chi connectivity index (χ0v) is 13.3. The van der Waals surface area contributed by atoms with Crippen molar-refractivity contribution < 1.29 is 4.74 Å². The van der Waals surface area contributed by atoms with Crippen molar-refractivity contribution in [3.8, 4) is 5.75 Å². The largest absolute Gasteiger partial charge is 0.487 e. The predicted molar refractivity (Wildman–Crippen MR) is 88.5 cm³/mol. The van der Waals surface area contributed by atoms with Crippen LogP contribution in [0, 0.1) is 0 Å². The number of ether oxygens (including phenoxy) is 1. The minimum atomic E-state index is 0.0987. The van der Waals surface area contributed by atoms with Crippen LogP contribution in [0.5, 0.6) is 5.75 Å². The van der Waals surface area contributed by atoms with Gasteiger partial charge in [0.2, 0.25) is 0 Å². The number of hydrogen-bond donors (Lipinski definition) is 2. The van der Waals surface area contributed by atoms with Crippen LogP contribution in [-0.4, -0.2) is 21.8 Å². The highest BCUT2D eigenvalue weighted by Crippen LogP contribution is 2.49. The zero-order valence-electron chi connectivity index (χ0n) is 13.3. The first-order chi connectivity index (χ1) is 11.3. The Bertz CT molecular complexity index is 719. The van der Waals surface area contributed by atoms with Crippen molar-refractivity contribution in [2.45, 2.75) is 62.6 Å². The molecule has 1 spiro atoms. The minimum Gasteiger partial charge on any atom is -0.487 e. The molecule has 3 aliphatic rings. The van der Waals surface area contributed by atoms with Crippen LogP contribution in [-0.2, 0) is 12.8 Å². The molecule has 4 heteroatoms. The fraction of sp³-hybridized carbons (Fsp3) is 0.526. The molecule has 120 valence electrons. The Balaban J connectivity index is 1.39. The number of rotatable bonds is 2. The van der Waals surface area contributed by atoms with Gasteiger partial charge in [0.1, 0.15) is 11.4 Å². The highest BCUT2D eigenvalue weighted by Gasteiger charge is 2.45. The first-order valence-corrected chi connectivity index (χ1v) is 8.86. The van der Waals surface area contributed by atoms with Gasteiger partial charge < -0.3 is 10.1 Å². The second-order valence-electron chi connectivity index (χ2n) is 7.41. The first kappa shape index (κ1) is 13.6. The normalized spacial score (nSPS) is 27.7. The molecule has 2 atom stereocenters. The molecule has 2 aliphatic carbocycles. The van der Waals surface area contributed by atoms with E-state index >= 15 is 0 Å². The Morgan fingerprint density at radius 1 is 1.26 bits per heavy atom. The Kier molecular flexibility index (Phi) is 3.02. The SMILES string of the molecule is c1ccc2c(c1)OC1(CCC1)C[C@@H]2N[C@@H]1CCc2[nH]ncc2C1. The van der Waals surface area contributed by atoms with Crippen LogP contribution in [0.3, 0.4) is 0 Å². The van der Waals surface area contributed by atoms with Gasteiger partial charge in [-0.3, -0.25) is 5.10 Å². The van der Waals surface area contributed by atoms with E-state index in [0.29, 0.717) is 12.1 Å². The summed E-state index contributed by atoms with van der Waals surface area (Å²) in [5.74, 6) is 1.09. The summed E-state index contributed by atoms with van der Waals surface area (Å²) in [5.41, 5.74) is 4.14. The van der Waals surface area contributed by atoms with E-state index in [9.17, 15) is 0 Å². The topological polar surface area (TPSA) is 49.9 Å². The lowest BCUT2D eigenvalue weighted by atomic mass is 9.72. The summed E-state index contributed by atoms with van der Waals surface area (Å²) in [6, 6.07) is 9.53. The van der Waals surface area contributed by atoms with Crippen LogP contribution in [0.15, 0.2) is 30.5 Å². The molecular weight excluding hydrogens is 286 g/mol. The van der Waals surface area contributed by atoms with Crippen LogP contribution in [0.25, 0.3) is 0 Å². The fourth-order valence-electron chi connectivity index (χ4n) is 4.49. The van der Waals surface area contributed by atoms with Gasteiger partial charge in [0.15, 0.2) is 0 Å². The second kappa shape index (κ2) is 5.10. The monoisotopic (exact) mass is 309 g/mol. The fourth-order valence-corrected chi connectivity index (χ4v) is 4.49. The summed E-state index contributed by atoms with van der Waals surface area (Å²) in [6.45, 7) is 0. The lowest BCUT2D eigenvalue weighted by molar-refractivity contribution is -0.0381. The molecule has 5 rings (SSSR count). The van der Waals surface area contributed by atoms with E-state index in [4.69, 9.17) is 4.74 Å². The summed E-state index contributed by atoms with van der Waals surface area (Å²) in [4.78, 5) is 0. The quantitative estimate of drug-likeness (QED) is 0.895. The molecule has 1 fully saturated rings. The van der Waals surface area contributed by atoms with Crippen molar-refractivity contribution in [3.05, 3.63) is 47.3 Å². The van der Waals surface area contributed by atoms with Gasteiger partial charge in [0, 0.05) is 29.8 Å². The molecule has 1 aromatic carbocycles. The van der Waals surface area contributed by atoms with Gasteiger partial charge in [-0.2, -0.15) is 5.10 Å². The van der Waals surface area contributed by atoms with E-state index < -0.39 is 0 Å². The molecule has 1 aromatic heterocycles. The van der Waals surface area contributed by atoms with E-state index in [1.165, 1.54) is 42.5 Å². The maximum Gasteiger partial charge on any atom is 0.124 e. The molecule has 1 saturated carbocycles. The molecule has 2 N–H and O–H groups in total. The first-order valence-electron chi connectivity index (χ1n) is 8.86. The van der Waals surface area contributed by atoms with Crippen molar-refractivity contribution in [2.24, 2.45) is 0 Å². The summed E-state index contributed by atoms with van der Waals surface area (Å²) < 4.78 is 6.36. The average Bonchev–Trinajstić information content (AvgIpc) is 3.01. The number of aromatic nitrogens is 2. The van der Waals surface area contributed by atoms with E-state index in [1.807, 2.05) is 6.20 Å². The Hall–Kier alpha value is -1.81. The van der Waals surface area contributed by atoms with Gasteiger partial charge in [0.25, 0.3) is 0 Å². The van der Waals surface area contributed by atoms with Gasteiger partial charge in [-0.1, -0.05) is 18.2 Å². The van der Waals surface area contributed by atoms with Gasteiger partial charge in [0.05, 0.1) is 6.20 Å². The average molecular weight is 309 g/mol. The summed E-state index contributed by atoms with van der Waals surface area (Å²) in [6.07, 6.45) is 10.2. The smallest absolute Gasteiger partial charge is 0.124 e. The maximum absolute atomic E-state index is 6.36. The zero-order chi connectivity index (χ0) is 15.3. The molecule has 0 unspecified atom stereocenters. The second-order valence-corrected chi connectivity index (χ2v) is 7.41. The lowest BCUT2D eigenvalue weighted by Gasteiger charge is -2.48. The Morgan fingerprint density at radius 2 is 2.17 bits per heavy atom.